The van der Waals surface area contributed by atoms with Crippen LogP contribution in [0.2, 0.25) is 0 Å². The minimum absolute atomic E-state index is 0.588. The van der Waals surface area contributed by atoms with Gasteiger partial charge in [-0.3, -0.25) is 0 Å². The van der Waals surface area contributed by atoms with Gasteiger partial charge in [-0.2, -0.15) is 0 Å². The number of hydrogen-bond donors (Lipinski definition) is 1. The van der Waals surface area contributed by atoms with Crippen LogP contribution in [0, 0.1) is 12.3 Å². The van der Waals surface area contributed by atoms with Gasteiger partial charge in [0.1, 0.15) is 5.75 Å². The zero-order valence-corrected chi connectivity index (χ0v) is 10.3. The van der Waals surface area contributed by atoms with Crippen molar-refractivity contribution in [1.29, 1.82) is 0 Å². The Labute approximate surface area is 99.2 Å². The fraction of sp³-hybridized carbons (Fsp3) is 0.333. The summed E-state index contributed by atoms with van der Waals surface area (Å²) in [5, 5.41) is 3.13. The molecule has 0 heterocycles. The number of terminal acetylenes is 1. The fourth-order valence-electron chi connectivity index (χ4n) is 1.21. The third-order valence-electron chi connectivity index (χ3n) is 1.85. The van der Waals surface area contributed by atoms with E-state index in [1.807, 2.05) is 25.1 Å². The van der Waals surface area contributed by atoms with Crippen molar-refractivity contribution in [2.24, 2.45) is 0 Å². The Hall–Kier alpha value is -0.980. The molecule has 0 atom stereocenters. The number of halogens is 1. The first-order valence-electron chi connectivity index (χ1n) is 4.83. The number of hydrogen-bond acceptors (Lipinski definition) is 2. The van der Waals surface area contributed by atoms with Gasteiger partial charge in [-0.1, -0.05) is 12.0 Å². The molecule has 3 heteroatoms. The van der Waals surface area contributed by atoms with Crippen LogP contribution in [-0.2, 0) is 6.54 Å². The highest BCUT2D eigenvalue weighted by molar-refractivity contribution is 9.10. The standard InChI is InChI=1S/C12H14BrNO/c1-3-7-14-9-10-5-6-12(15-4-2)11(13)8-10/h1,5-6,8,14H,4,7,9H2,2H3. The summed E-state index contributed by atoms with van der Waals surface area (Å²) in [6.07, 6.45) is 5.14. The predicted octanol–water partition coefficient (Wildman–Crippen LogP) is 2.57. The number of rotatable bonds is 5. The fourth-order valence-corrected chi connectivity index (χ4v) is 1.75. The molecule has 0 aromatic heterocycles. The second kappa shape index (κ2) is 6.49. The van der Waals surface area contributed by atoms with Crippen molar-refractivity contribution in [2.45, 2.75) is 13.5 Å². The van der Waals surface area contributed by atoms with Crippen LogP contribution in [0.15, 0.2) is 22.7 Å². The van der Waals surface area contributed by atoms with Gasteiger partial charge in [0, 0.05) is 6.54 Å². The van der Waals surface area contributed by atoms with Crippen molar-refractivity contribution < 1.29 is 4.74 Å². The molecule has 0 aliphatic carbocycles. The van der Waals surface area contributed by atoms with Crippen LogP contribution in [0.4, 0.5) is 0 Å². The lowest BCUT2D eigenvalue weighted by molar-refractivity contribution is 0.338. The summed E-state index contributed by atoms with van der Waals surface area (Å²) >= 11 is 3.46. The second-order valence-electron chi connectivity index (χ2n) is 3.01. The van der Waals surface area contributed by atoms with E-state index in [1.165, 1.54) is 5.56 Å². The van der Waals surface area contributed by atoms with Crippen molar-refractivity contribution in [3.63, 3.8) is 0 Å². The molecule has 1 aromatic rings. The third kappa shape index (κ3) is 3.94. The first-order valence-corrected chi connectivity index (χ1v) is 5.62. The van der Waals surface area contributed by atoms with E-state index in [0.29, 0.717) is 13.2 Å². The van der Waals surface area contributed by atoms with Gasteiger partial charge in [0.05, 0.1) is 17.6 Å². The van der Waals surface area contributed by atoms with Gasteiger partial charge in [0.15, 0.2) is 0 Å². The molecule has 0 aliphatic heterocycles. The largest absolute Gasteiger partial charge is 0.493 e. The van der Waals surface area contributed by atoms with Gasteiger partial charge in [0.2, 0.25) is 0 Å². The minimum Gasteiger partial charge on any atom is -0.493 e. The monoisotopic (exact) mass is 267 g/mol. The van der Waals surface area contributed by atoms with Crippen LogP contribution in [0.3, 0.4) is 0 Å². The summed E-state index contributed by atoms with van der Waals surface area (Å²) in [6.45, 7) is 4.00. The molecular formula is C12H14BrNO. The smallest absolute Gasteiger partial charge is 0.133 e. The van der Waals surface area contributed by atoms with E-state index < -0.39 is 0 Å². The summed E-state index contributed by atoms with van der Waals surface area (Å²) in [7, 11) is 0. The number of nitrogens with one attached hydrogen (secondary N) is 1. The average molecular weight is 268 g/mol. The summed E-state index contributed by atoms with van der Waals surface area (Å²) < 4.78 is 6.39. The van der Waals surface area contributed by atoms with E-state index in [4.69, 9.17) is 11.2 Å². The highest BCUT2D eigenvalue weighted by Gasteiger charge is 2.01. The van der Waals surface area contributed by atoms with Gasteiger partial charge in [-0.15, -0.1) is 6.42 Å². The normalized spacial score (nSPS) is 9.67. The van der Waals surface area contributed by atoms with Crippen molar-refractivity contribution in [2.75, 3.05) is 13.2 Å². The predicted molar refractivity (Wildman–Crippen MR) is 65.9 cm³/mol. The molecule has 0 spiro atoms. The molecule has 15 heavy (non-hydrogen) atoms. The van der Waals surface area contributed by atoms with E-state index >= 15 is 0 Å². The Balaban J connectivity index is 2.61. The molecule has 1 N–H and O–H groups in total. The highest BCUT2D eigenvalue weighted by atomic mass is 79.9. The van der Waals surface area contributed by atoms with E-state index in [-0.39, 0.29) is 0 Å². The lowest BCUT2D eigenvalue weighted by Crippen LogP contribution is -2.12. The Morgan fingerprint density at radius 3 is 2.93 bits per heavy atom. The van der Waals surface area contributed by atoms with E-state index in [0.717, 1.165) is 16.8 Å². The molecule has 0 amide bonds. The van der Waals surface area contributed by atoms with Gasteiger partial charge in [0.25, 0.3) is 0 Å². The highest BCUT2D eigenvalue weighted by Crippen LogP contribution is 2.25. The molecule has 0 radical (unpaired) electrons. The van der Waals surface area contributed by atoms with Crippen LogP contribution in [0.1, 0.15) is 12.5 Å². The quantitative estimate of drug-likeness (QED) is 0.654. The first kappa shape index (κ1) is 12.1. The summed E-state index contributed by atoms with van der Waals surface area (Å²) in [4.78, 5) is 0. The molecule has 0 saturated heterocycles. The zero-order chi connectivity index (χ0) is 11.1. The van der Waals surface area contributed by atoms with Crippen LogP contribution in [0.5, 0.6) is 5.75 Å². The van der Waals surface area contributed by atoms with Crippen molar-refractivity contribution in [3.8, 4) is 18.1 Å². The molecule has 0 unspecified atom stereocenters. The Kier molecular flexibility index (Phi) is 5.23. The van der Waals surface area contributed by atoms with Crippen LogP contribution in [0.25, 0.3) is 0 Å². The van der Waals surface area contributed by atoms with E-state index in [9.17, 15) is 0 Å². The second-order valence-corrected chi connectivity index (χ2v) is 3.86. The summed E-state index contributed by atoms with van der Waals surface area (Å²) in [5.41, 5.74) is 1.18. The van der Waals surface area contributed by atoms with E-state index in [2.05, 4.69) is 27.2 Å². The maximum atomic E-state index is 5.42. The number of ether oxygens (including phenoxy) is 1. The maximum Gasteiger partial charge on any atom is 0.133 e. The molecule has 2 nitrogen and oxygen atoms in total. The molecule has 80 valence electrons. The Morgan fingerprint density at radius 1 is 1.53 bits per heavy atom. The summed E-state index contributed by atoms with van der Waals surface area (Å²) in [6, 6.07) is 6.02. The van der Waals surface area contributed by atoms with E-state index in [1.54, 1.807) is 0 Å². The molecule has 0 fully saturated rings. The van der Waals surface area contributed by atoms with Crippen LogP contribution in [-0.4, -0.2) is 13.2 Å². The van der Waals surface area contributed by atoms with Gasteiger partial charge in [-0.05, 0) is 40.5 Å². The molecule has 1 rings (SSSR count). The molecule has 0 aliphatic rings. The molecule has 0 saturated carbocycles. The first-order chi connectivity index (χ1) is 7.27. The molecule has 0 bridgehead atoms. The molecular weight excluding hydrogens is 254 g/mol. The number of benzene rings is 1. The van der Waals surface area contributed by atoms with Crippen molar-refractivity contribution in [3.05, 3.63) is 28.2 Å². The Bertz CT molecular complexity index is 357. The Morgan fingerprint density at radius 2 is 2.33 bits per heavy atom. The third-order valence-corrected chi connectivity index (χ3v) is 2.47. The van der Waals surface area contributed by atoms with Crippen LogP contribution < -0.4 is 10.1 Å². The van der Waals surface area contributed by atoms with Gasteiger partial charge in [-0.25, -0.2) is 0 Å². The maximum absolute atomic E-state index is 5.42. The molecule has 1 aromatic carbocycles. The topological polar surface area (TPSA) is 21.3 Å². The van der Waals surface area contributed by atoms with Crippen LogP contribution >= 0.6 is 15.9 Å². The van der Waals surface area contributed by atoms with Crippen molar-refractivity contribution >= 4 is 15.9 Å². The lowest BCUT2D eigenvalue weighted by Gasteiger charge is -2.08. The summed E-state index contributed by atoms with van der Waals surface area (Å²) in [5.74, 6) is 3.41. The minimum atomic E-state index is 0.588. The van der Waals surface area contributed by atoms with Gasteiger partial charge >= 0.3 is 0 Å². The lowest BCUT2D eigenvalue weighted by atomic mass is 10.2. The SMILES string of the molecule is C#CCNCc1ccc(OCC)c(Br)c1. The van der Waals surface area contributed by atoms with Crippen molar-refractivity contribution in [1.82, 2.24) is 5.32 Å². The average Bonchev–Trinajstić information content (AvgIpc) is 2.23. The zero-order valence-electron chi connectivity index (χ0n) is 8.72. The van der Waals surface area contributed by atoms with Gasteiger partial charge < -0.3 is 10.1 Å².